The Hall–Kier alpha value is -1.27. The van der Waals surface area contributed by atoms with Crippen LogP contribution in [0, 0.1) is 6.92 Å². The maximum absolute atomic E-state index is 12.2. The molecule has 7 heteroatoms. The molecule has 1 N–H and O–H groups in total. The second kappa shape index (κ2) is 8.21. The normalized spacial score (nSPS) is 11.5. The van der Waals surface area contributed by atoms with Crippen molar-refractivity contribution in [3.8, 4) is 5.75 Å². The monoisotopic (exact) mass is 387 g/mol. The quantitative estimate of drug-likeness (QED) is 0.781. The average Bonchev–Trinajstić information content (AvgIpc) is 2.51. The van der Waals surface area contributed by atoms with Crippen molar-refractivity contribution in [1.29, 1.82) is 0 Å². The molecule has 0 heterocycles. The molecule has 0 spiro atoms. The predicted molar refractivity (Wildman–Crippen MR) is 98.5 cm³/mol. The van der Waals surface area contributed by atoms with Crippen LogP contribution >= 0.6 is 23.2 Å². The van der Waals surface area contributed by atoms with Crippen molar-refractivity contribution in [2.24, 2.45) is 0 Å². The summed E-state index contributed by atoms with van der Waals surface area (Å²) >= 11 is 11.7. The third-order valence-electron chi connectivity index (χ3n) is 3.49. The molecule has 0 aromatic heterocycles. The van der Waals surface area contributed by atoms with E-state index in [0.29, 0.717) is 28.6 Å². The zero-order valence-corrected chi connectivity index (χ0v) is 15.8. The molecule has 0 saturated heterocycles. The Balaban J connectivity index is 1.98. The Morgan fingerprint density at radius 1 is 1.08 bits per heavy atom. The summed E-state index contributed by atoms with van der Waals surface area (Å²) in [5.41, 5.74) is 2.66. The van der Waals surface area contributed by atoms with Crippen LogP contribution in [0.3, 0.4) is 0 Å². The highest BCUT2D eigenvalue weighted by Gasteiger charge is 2.13. The fourth-order valence-corrected chi connectivity index (χ4v) is 3.80. The van der Waals surface area contributed by atoms with E-state index in [4.69, 9.17) is 27.9 Å². The Labute approximate surface area is 152 Å². The van der Waals surface area contributed by atoms with Crippen LogP contribution in [0.5, 0.6) is 5.75 Å². The molecule has 0 atom stereocenters. The molecule has 2 aromatic rings. The first-order chi connectivity index (χ1) is 11.3. The summed E-state index contributed by atoms with van der Waals surface area (Å²) < 4.78 is 32.3. The maximum atomic E-state index is 12.2. The number of aryl methyl sites for hydroxylation is 1. The van der Waals surface area contributed by atoms with E-state index in [0.717, 1.165) is 16.9 Å². The largest absolute Gasteiger partial charge is 0.496 e. The molecule has 0 saturated carbocycles. The van der Waals surface area contributed by atoms with Crippen LogP contribution in [0.4, 0.5) is 0 Å². The van der Waals surface area contributed by atoms with E-state index in [1.807, 2.05) is 25.1 Å². The number of halogens is 2. The molecule has 0 aliphatic carbocycles. The first-order valence-corrected chi connectivity index (χ1v) is 9.76. The smallest absolute Gasteiger partial charge is 0.215 e. The van der Waals surface area contributed by atoms with Gasteiger partial charge in [0.25, 0.3) is 0 Å². The molecule has 24 heavy (non-hydrogen) atoms. The fourth-order valence-electron chi connectivity index (χ4n) is 2.34. The lowest BCUT2D eigenvalue weighted by molar-refractivity contribution is 0.409. The van der Waals surface area contributed by atoms with Crippen molar-refractivity contribution in [3.63, 3.8) is 0 Å². The molecule has 0 aliphatic heterocycles. The van der Waals surface area contributed by atoms with Crippen molar-refractivity contribution in [3.05, 3.63) is 63.1 Å². The van der Waals surface area contributed by atoms with Gasteiger partial charge in [-0.2, -0.15) is 0 Å². The molecule has 0 amide bonds. The van der Waals surface area contributed by atoms with Crippen LogP contribution in [0.25, 0.3) is 0 Å². The number of sulfonamides is 1. The van der Waals surface area contributed by atoms with Gasteiger partial charge in [-0.15, -0.1) is 0 Å². The molecule has 2 rings (SSSR count). The number of ether oxygens (including phenoxy) is 1. The summed E-state index contributed by atoms with van der Waals surface area (Å²) in [5.74, 6) is 0.610. The van der Waals surface area contributed by atoms with Gasteiger partial charge in [0.1, 0.15) is 5.75 Å². The Kier molecular flexibility index (Phi) is 6.52. The molecule has 2 aromatic carbocycles. The number of hydrogen-bond donors (Lipinski definition) is 1. The third kappa shape index (κ3) is 5.38. The van der Waals surface area contributed by atoms with E-state index < -0.39 is 10.0 Å². The summed E-state index contributed by atoms with van der Waals surface area (Å²) in [6.07, 6.45) is 0.547. The molecule has 4 nitrogen and oxygen atoms in total. The molecular weight excluding hydrogens is 369 g/mol. The number of rotatable bonds is 7. The SMILES string of the molecule is COc1ccc(C)cc1CCNS(=O)(=O)Cc1ccc(Cl)c(Cl)c1. The van der Waals surface area contributed by atoms with Gasteiger partial charge >= 0.3 is 0 Å². The third-order valence-corrected chi connectivity index (χ3v) is 5.59. The molecule has 0 unspecified atom stereocenters. The second-order valence-electron chi connectivity index (χ2n) is 5.47. The Morgan fingerprint density at radius 2 is 1.83 bits per heavy atom. The van der Waals surface area contributed by atoms with Crippen LogP contribution in [0.2, 0.25) is 10.0 Å². The van der Waals surface area contributed by atoms with E-state index in [-0.39, 0.29) is 5.75 Å². The summed E-state index contributed by atoms with van der Waals surface area (Å²) in [7, 11) is -1.86. The minimum atomic E-state index is -3.46. The van der Waals surface area contributed by atoms with Crippen LogP contribution in [-0.4, -0.2) is 22.1 Å². The standard InChI is InChI=1S/C17H19Cl2NO3S/c1-12-3-6-17(23-2)14(9-12)7-8-20-24(21,22)11-13-4-5-15(18)16(19)10-13/h3-6,9-10,20H,7-8,11H2,1-2H3. The minimum Gasteiger partial charge on any atom is -0.496 e. The molecule has 130 valence electrons. The van der Waals surface area contributed by atoms with Crippen molar-refractivity contribution < 1.29 is 13.2 Å². The number of hydrogen-bond acceptors (Lipinski definition) is 3. The summed E-state index contributed by atoms with van der Waals surface area (Å²) in [5, 5.41) is 0.742. The second-order valence-corrected chi connectivity index (χ2v) is 8.09. The first kappa shape index (κ1) is 19.1. The van der Waals surface area contributed by atoms with Crippen molar-refractivity contribution in [2.45, 2.75) is 19.1 Å². The average molecular weight is 388 g/mol. The highest BCUT2D eigenvalue weighted by atomic mass is 35.5. The summed E-state index contributed by atoms with van der Waals surface area (Å²) in [6.45, 7) is 2.28. The fraction of sp³-hybridized carbons (Fsp3) is 0.294. The number of nitrogens with one attached hydrogen (secondary N) is 1. The predicted octanol–water partition coefficient (Wildman–Crippen LogP) is 3.97. The van der Waals surface area contributed by atoms with E-state index in [9.17, 15) is 8.42 Å². The summed E-state index contributed by atoms with van der Waals surface area (Å²) in [6, 6.07) is 10.6. The molecular formula is C17H19Cl2NO3S. The molecule has 0 fully saturated rings. The van der Waals surface area contributed by atoms with Crippen molar-refractivity contribution in [1.82, 2.24) is 4.72 Å². The van der Waals surface area contributed by atoms with E-state index in [2.05, 4.69) is 4.72 Å². The van der Waals surface area contributed by atoms with E-state index >= 15 is 0 Å². The van der Waals surface area contributed by atoms with Gasteiger partial charge in [-0.25, -0.2) is 13.1 Å². The minimum absolute atomic E-state index is 0.144. The van der Waals surface area contributed by atoms with Gasteiger partial charge in [-0.05, 0) is 42.7 Å². The Bertz CT molecular complexity index is 823. The molecule has 0 aliphatic rings. The maximum Gasteiger partial charge on any atom is 0.215 e. The number of methoxy groups -OCH3 is 1. The Morgan fingerprint density at radius 3 is 2.50 bits per heavy atom. The van der Waals surface area contributed by atoms with E-state index in [1.54, 1.807) is 25.3 Å². The highest BCUT2D eigenvalue weighted by molar-refractivity contribution is 7.88. The van der Waals surface area contributed by atoms with Crippen molar-refractivity contribution >= 4 is 33.2 Å². The number of benzene rings is 2. The lowest BCUT2D eigenvalue weighted by Gasteiger charge is -2.11. The lowest BCUT2D eigenvalue weighted by atomic mass is 10.1. The van der Waals surface area contributed by atoms with Crippen LogP contribution in [-0.2, 0) is 22.2 Å². The van der Waals surface area contributed by atoms with Gasteiger partial charge in [-0.1, -0.05) is 47.0 Å². The van der Waals surface area contributed by atoms with Gasteiger partial charge in [0, 0.05) is 6.54 Å². The van der Waals surface area contributed by atoms with Gasteiger partial charge in [0.2, 0.25) is 10.0 Å². The topological polar surface area (TPSA) is 55.4 Å². The molecule has 0 bridgehead atoms. The highest BCUT2D eigenvalue weighted by Crippen LogP contribution is 2.23. The van der Waals surface area contributed by atoms with Crippen molar-refractivity contribution in [2.75, 3.05) is 13.7 Å². The van der Waals surface area contributed by atoms with Crippen LogP contribution in [0.15, 0.2) is 36.4 Å². The van der Waals surface area contributed by atoms with Gasteiger partial charge < -0.3 is 4.74 Å². The zero-order chi connectivity index (χ0) is 17.7. The molecule has 0 radical (unpaired) electrons. The summed E-state index contributed by atoms with van der Waals surface area (Å²) in [4.78, 5) is 0. The van der Waals surface area contributed by atoms with Gasteiger partial charge in [0.15, 0.2) is 0 Å². The van der Waals surface area contributed by atoms with Crippen LogP contribution in [0.1, 0.15) is 16.7 Å². The van der Waals surface area contributed by atoms with E-state index in [1.165, 1.54) is 0 Å². The zero-order valence-electron chi connectivity index (χ0n) is 13.5. The van der Waals surface area contributed by atoms with Crippen LogP contribution < -0.4 is 9.46 Å². The van der Waals surface area contributed by atoms with Gasteiger partial charge in [0.05, 0.1) is 22.9 Å². The van der Waals surface area contributed by atoms with Gasteiger partial charge in [-0.3, -0.25) is 0 Å². The lowest BCUT2D eigenvalue weighted by Crippen LogP contribution is -2.27. The first-order valence-electron chi connectivity index (χ1n) is 7.35.